The maximum absolute atomic E-state index is 13.7. The van der Waals surface area contributed by atoms with Crippen molar-refractivity contribution in [2.45, 2.75) is 37.6 Å². The maximum atomic E-state index is 13.7. The van der Waals surface area contributed by atoms with Crippen molar-refractivity contribution < 1.29 is 14.3 Å². The lowest BCUT2D eigenvalue weighted by Gasteiger charge is -2.29. The van der Waals surface area contributed by atoms with Gasteiger partial charge in [0.2, 0.25) is 5.91 Å². The predicted octanol–water partition coefficient (Wildman–Crippen LogP) is 3.67. The molecule has 2 aromatic heterocycles. The number of aryl methyl sites for hydroxylation is 2. The van der Waals surface area contributed by atoms with E-state index in [-0.39, 0.29) is 16.7 Å². The third kappa shape index (κ3) is 4.29. The number of nitrogens with zero attached hydrogens (tertiary/aromatic N) is 3. The lowest BCUT2D eigenvalue weighted by molar-refractivity contribution is -0.134. The summed E-state index contributed by atoms with van der Waals surface area (Å²) in [5, 5.41) is 0.765. The number of thioether (sulfide) groups is 1. The molecule has 0 N–H and O–H groups in total. The van der Waals surface area contributed by atoms with Crippen molar-refractivity contribution in [1.82, 2.24) is 14.5 Å². The molecule has 9 heteroatoms. The summed E-state index contributed by atoms with van der Waals surface area (Å²) in [6.07, 6.45) is 0.847. The number of fused-ring (bicyclic) bond motifs is 1. The lowest BCUT2D eigenvalue weighted by Crippen LogP contribution is -2.44. The van der Waals surface area contributed by atoms with Crippen molar-refractivity contribution in [3.05, 3.63) is 45.1 Å². The van der Waals surface area contributed by atoms with E-state index in [1.54, 1.807) is 23.0 Å². The van der Waals surface area contributed by atoms with Gasteiger partial charge in [0.25, 0.3) is 5.56 Å². The highest BCUT2D eigenvalue weighted by atomic mass is 32.2. The number of morpholine rings is 1. The smallest absolute Gasteiger partial charge is 0.267 e. The van der Waals surface area contributed by atoms with Gasteiger partial charge in [-0.05, 0) is 38.0 Å². The third-order valence-corrected chi connectivity index (χ3v) is 7.99. The number of ether oxygens (including phenoxy) is 2. The molecule has 1 amide bonds. The third-order valence-electron chi connectivity index (χ3n) is 5.62. The Kier molecular flexibility index (Phi) is 6.88. The van der Waals surface area contributed by atoms with Gasteiger partial charge in [-0.25, -0.2) is 4.98 Å². The zero-order valence-corrected chi connectivity index (χ0v) is 20.3. The molecule has 7 nitrogen and oxygen atoms in total. The molecule has 3 aromatic rings. The number of benzene rings is 1. The van der Waals surface area contributed by atoms with Crippen molar-refractivity contribution >= 4 is 39.2 Å². The number of thiophene rings is 1. The molecule has 1 aliphatic heterocycles. The van der Waals surface area contributed by atoms with E-state index in [1.807, 2.05) is 43.0 Å². The van der Waals surface area contributed by atoms with E-state index in [0.717, 1.165) is 21.7 Å². The quantitative estimate of drug-likeness (QED) is 0.402. The van der Waals surface area contributed by atoms with Crippen LogP contribution in [0.5, 0.6) is 5.75 Å². The van der Waals surface area contributed by atoms with Crippen LogP contribution in [0.15, 0.2) is 34.2 Å². The van der Waals surface area contributed by atoms with Crippen molar-refractivity contribution in [3.63, 3.8) is 0 Å². The van der Waals surface area contributed by atoms with Crippen molar-refractivity contribution in [2.75, 3.05) is 33.4 Å². The second-order valence-corrected chi connectivity index (χ2v) is 10.0. The first-order valence-corrected chi connectivity index (χ1v) is 12.4. The van der Waals surface area contributed by atoms with Gasteiger partial charge >= 0.3 is 0 Å². The molecule has 1 saturated heterocycles. The highest BCUT2D eigenvalue weighted by Gasteiger charge is 2.26. The largest absolute Gasteiger partial charge is 0.497 e. The molecule has 1 atom stereocenters. The second-order valence-electron chi connectivity index (χ2n) is 7.62. The van der Waals surface area contributed by atoms with E-state index >= 15 is 0 Å². The van der Waals surface area contributed by atoms with Crippen LogP contribution in [0.3, 0.4) is 0 Å². The summed E-state index contributed by atoms with van der Waals surface area (Å²) < 4.78 is 12.3. The first kappa shape index (κ1) is 22.8. The number of hydrogen-bond donors (Lipinski definition) is 0. The Bertz CT molecular complexity index is 1200. The van der Waals surface area contributed by atoms with E-state index in [2.05, 4.69) is 6.92 Å². The average molecular weight is 474 g/mol. The van der Waals surface area contributed by atoms with Crippen molar-refractivity contribution in [2.24, 2.45) is 0 Å². The lowest BCUT2D eigenvalue weighted by atomic mass is 10.2. The molecule has 0 aliphatic carbocycles. The molecule has 1 unspecified atom stereocenters. The summed E-state index contributed by atoms with van der Waals surface area (Å²) in [6, 6.07) is 7.36. The Balaban J connectivity index is 1.82. The minimum Gasteiger partial charge on any atom is -0.497 e. The fourth-order valence-corrected chi connectivity index (χ4v) is 6.02. The number of rotatable bonds is 6. The van der Waals surface area contributed by atoms with Crippen LogP contribution in [0.4, 0.5) is 0 Å². The zero-order chi connectivity index (χ0) is 22.8. The van der Waals surface area contributed by atoms with E-state index in [1.165, 1.54) is 11.8 Å². The molecular weight excluding hydrogens is 446 g/mol. The summed E-state index contributed by atoms with van der Waals surface area (Å²) in [4.78, 5) is 35.3. The number of methoxy groups -OCH3 is 1. The fourth-order valence-electron chi connectivity index (χ4n) is 3.85. The van der Waals surface area contributed by atoms with Gasteiger partial charge in [-0.1, -0.05) is 24.8 Å². The minimum atomic E-state index is -0.388. The van der Waals surface area contributed by atoms with Crippen LogP contribution >= 0.6 is 23.1 Å². The van der Waals surface area contributed by atoms with Crippen LogP contribution in [0.1, 0.15) is 24.3 Å². The Morgan fingerprint density at radius 3 is 2.78 bits per heavy atom. The Hall–Kier alpha value is -2.36. The van der Waals surface area contributed by atoms with Gasteiger partial charge in [0, 0.05) is 24.0 Å². The van der Waals surface area contributed by atoms with Crippen LogP contribution in [0.25, 0.3) is 15.9 Å². The molecule has 3 heterocycles. The molecule has 0 spiro atoms. The first-order valence-electron chi connectivity index (χ1n) is 10.7. The number of carbonyl (C=O) groups is 1. The van der Waals surface area contributed by atoms with Crippen LogP contribution in [0.2, 0.25) is 0 Å². The van der Waals surface area contributed by atoms with Crippen molar-refractivity contribution in [1.29, 1.82) is 0 Å². The molecule has 1 aliphatic rings. The van der Waals surface area contributed by atoms with Gasteiger partial charge in [0.15, 0.2) is 5.16 Å². The number of hydrogen-bond acceptors (Lipinski definition) is 7. The topological polar surface area (TPSA) is 73.7 Å². The predicted molar refractivity (Wildman–Crippen MR) is 129 cm³/mol. The number of aromatic nitrogens is 2. The summed E-state index contributed by atoms with van der Waals surface area (Å²) in [5.41, 5.74) is 1.53. The Morgan fingerprint density at radius 2 is 2.09 bits per heavy atom. The molecule has 170 valence electrons. The molecule has 0 bridgehead atoms. The normalized spacial score (nSPS) is 15.2. The van der Waals surface area contributed by atoms with Crippen LogP contribution in [-0.2, 0) is 16.0 Å². The molecule has 1 aromatic carbocycles. The average Bonchev–Trinajstić information content (AvgIpc) is 3.14. The Morgan fingerprint density at radius 1 is 1.34 bits per heavy atom. The molecule has 4 rings (SSSR count). The standard InChI is InChI=1S/C23H27N3O4S2/c1-5-18-14(2)19-20(32-18)24-23(31-15(3)21(27)25-9-11-30-12-10-25)26(22(19)28)16-7-6-8-17(13-16)29-4/h6-8,13,15H,5,9-12H2,1-4H3. The van der Waals surface area contributed by atoms with Crippen LogP contribution < -0.4 is 10.3 Å². The van der Waals surface area contributed by atoms with E-state index < -0.39 is 0 Å². The van der Waals surface area contributed by atoms with Gasteiger partial charge in [-0.3, -0.25) is 14.2 Å². The zero-order valence-electron chi connectivity index (χ0n) is 18.7. The van der Waals surface area contributed by atoms with Gasteiger partial charge in [0.1, 0.15) is 10.6 Å². The maximum Gasteiger partial charge on any atom is 0.267 e. The van der Waals surface area contributed by atoms with Gasteiger partial charge in [0.05, 0.1) is 36.6 Å². The monoisotopic (exact) mass is 473 g/mol. The summed E-state index contributed by atoms with van der Waals surface area (Å²) in [6.45, 7) is 8.20. The molecule has 0 saturated carbocycles. The molecular formula is C23H27N3O4S2. The fraction of sp³-hybridized carbons (Fsp3) is 0.435. The number of carbonyl (C=O) groups excluding carboxylic acids is 1. The van der Waals surface area contributed by atoms with Crippen molar-refractivity contribution in [3.8, 4) is 11.4 Å². The highest BCUT2D eigenvalue weighted by molar-refractivity contribution is 8.00. The van der Waals surface area contributed by atoms with Gasteiger partial charge < -0.3 is 14.4 Å². The van der Waals surface area contributed by atoms with E-state index in [4.69, 9.17) is 14.5 Å². The van der Waals surface area contributed by atoms with E-state index in [9.17, 15) is 9.59 Å². The number of amides is 1. The second kappa shape index (κ2) is 9.64. The molecule has 0 radical (unpaired) electrons. The first-order chi connectivity index (χ1) is 15.4. The highest BCUT2D eigenvalue weighted by Crippen LogP contribution is 2.32. The van der Waals surface area contributed by atoms with Gasteiger partial charge in [-0.2, -0.15) is 0 Å². The molecule has 32 heavy (non-hydrogen) atoms. The summed E-state index contributed by atoms with van der Waals surface area (Å²) >= 11 is 2.87. The minimum absolute atomic E-state index is 0.0291. The summed E-state index contributed by atoms with van der Waals surface area (Å²) in [7, 11) is 1.60. The van der Waals surface area contributed by atoms with E-state index in [0.29, 0.717) is 48.3 Å². The van der Waals surface area contributed by atoms with Crippen LogP contribution in [0, 0.1) is 6.92 Å². The molecule has 1 fully saturated rings. The van der Waals surface area contributed by atoms with Crippen LogP contribution in [-0.4, -0.2) is 59.0 Å². The Labute approximate surface area is 195 Å². The summed E-state index contributed by atoms with van der Waals surface area (Å²) in [5.74, 6) is 0.681. The SMILES string of the molecule is CCc1sc2nc(SC(C)C(=O)N3CCOCC3)n(-c3cccc(OC)c3)c(=O)c2c1C. The van der Waals surface area contributed by atoms with Gasteiger partial charge in [-0.15, -0.1) is 11.3 Å².